The lowest BCUT2D eigenvalue weighted by Crippen LogP contribution is -2.33. The molecule has 0 spiro atoms. The molecule has 0 bridgehead atoms. The van der Waals surface area contributed by atoms with Gasteiger partial charge in [-0.05, 0) is 28.4 Å². The van der Waals surface area contributed by atoms with E-state index in [4.69, 9.17) is 9.52 Å². The highest BCUT2D eigenvalue weighted by Crippen LogP contribution is 2.25. The average molecular weight is 384 g/mol. The molecule has 0 atom stereocenters. The molecule has 1 fully saturated rings. The third kappa shape index (κ3) is 3.28. The Morgan fingerprint density at radius 2 is 2.13 bits per heavy atom. The summed E-state index contributed by atoms with van der Waals surface area (Å²) < 4.78 is 8.08. The normalized spacial score (nSPS) is 16.7. The predicted octanol–water partition coefficient (Wildman–Crippen LogP) is 2.08. The second kappa shape index (κ2) is 6.37. The first-order valence-electron chi connectivity index (χ1n) is 7.43. The van der Waals surface area contributed by atoms with Crippen LogP contribution in [-0.2, 0) is 13.6 Å². The van der Waals surface area contributed by atoms with Gasteiger partial charge in [-0.1, -0.05) is 0 Å². The van der Waals surface area contributed by atoms with E-state index in [1.54, 1.807) is 19.3 Å². The van der Waals surface area contributed by atoms with E-state index in [1.807, 2.05) is 0 Å². The van der Waals surface area contributed by atoms with E-state index in [2.05, 4.69) is 20.8 Å². The Balaban J connectivity index is 1.79. The number of aryl methyl sites for hydroxylation is 1. The van der Waals surface area contributed by atoms with Crippen LogP contribution in [0.15, 0.2) is 25.9 Å². The van der Waals surface area contributed by atoms with Gasteiger partial charge in [0.25, 0.3) is 5.56 Å². The van der Waals surface area contributed by atoms with Crippen molar-refractivity contribution in [1.82, 2.24) is 14.4 Å². The molecule has 1 N–H and O–H groups in total. The summed E-state index contributed by atoms with van der Waals surface area (Å²) in [6, 6.07) is 1.78. The number of halogens is 1. The van der Waals surface area contributed by atoms with Crippen LogP contribution in [0.1, 0.15) is 12.2 Å². The minimum absolute atomic E-state index is 0.0916. The summed E-state index contributed by atoms with van der Waals surface area (Å²) in [5.74, 6) is 0.716. The van der Waals surface area contributed by atoms with Crippen molar-refractivity contribution in [3.63, 3.8) is 0 Å². The average Bonchev–Trinajstić information content (AvgIpc) is 2.77. The molecule has 0 aromatic carbocycles. The summed E-state index contributed by atoms with van der Waals surface area (Å²) in [6.07, 6.45) is 1.61. The fourth-order valence-corrected chi connectivity index (χ4v) is 3.48. The van der Waals surface area contributed by atoms with Crippen LogP contribution < -0.4 is 5.56 Å². The molecule has 0 unspecified atom stereocenters. The molecule has 1 aliphatic rings. The summed E-state index contributed by atoms with van der Waals surface area (Å²) in [6.45, 7) is 3.07. The first-order chi connectivity index (χ1) is 11.0. The SMILES string of the molecule is Cn1cc(Br)c2oc(CN3CCCN(C(=O)O)CC3)cc2c1=O. The lowest BCUT2D eigenvalue weighted by Gasteiger charge is -2.19. The maximum absolute atomic E-state index is 12.2. The number of carbonyl (C=O) groups is 1. The standard InChI is InChI=1S/C15H18BrN3O4/c1-17-9-12(16)13-11(14(17)20)7-10(23-13)8-18-3-2-4-19(6-5-18)15(21)22/h7,9H,2-6,8H2,1H3,(H,21,22). The highest BCUT2D eigenvalue weighted by atomic mass is 79.9. The van der Waals surface area contributed by atoms with Crippen LogP contribution in [0.25, 0.3) is 11.0 Å². The van der Waals surface area contributed by atoms with Crippen LogP contribution in [0.4, 0.5) is 4.79 Å². The third-order valence-electron chi connectivity index (χ3n) is 4.10. The summed E-state index contributed by atoms with van der Waals surface area (Å²) in [5.41, 5.74) is 0.469. The molecule has 1 amide bonds. The summed E-state index contributed by atoms with van der Waals surface area (Å²) in [7, 11) is 1.70. The molecule has 0 radical (unpaired) electrons. The van der Waals surface area contributed by atoms with E-state index in [-0.39, 0.29) is 5.56 Å². The van der Waals surface area contributed by atoms with Crippen molar-refractivity contribution in [3.8, 4) is 0 Å². The molecular formula is C15H18BrN3O4. The molecule has 0 saturated carbocycles. The molecule has 0 aliphatic carbocycles. The van der Waals surface area contributed by atoms with E-state index in [0.29, 0.717) is 42.9 Å². The van der Waals surface area contributed by atoms with E-state index in [1.165, 1.54) is 9.47 Å². The maximum atomic E-state index is 12.2. The number of furan rings is 1. The number of nitrogens with zero attached hydrogens (tertiary/aromatic N) is 3. The Hall–Kier alpha value is -1.80. The zero-order valence-electron chi connectivity index (χ0n) is 12.8. The van der Waals surface area contributed by atoms with Gasteiger partial charge in [0.05, 0.1) is 16.4 Å². The Morgan fingerprint density at radius 3 is 2.87 bits per heavy atom. The molecular weight excluding hydrogens is 366 g/mol. The van der Waals surface area contributed by atoms with Crippen LogP contribution in [0.3, 0.4) is 0 Å². The Labute approximate surface area is 141 Å². The van der Waals surface area contributed by atoms with Crippen molar-refractivity contribution >= 4 is 33.0 Å². The molecule has 3 heterocycles. The van der Waals surface area contributed by atoms with Crippen molar-refractivity contribution < 1.29 is 14.3 Å². The molecule has 2 aromatic heterocycles. The second-order valence-electron chi connectivity index (χ2n) is 5.75. The lowest BCUT2D eigenvalue weighted by molar-refractivity contribution is 0.146. The van der Waals surface area contributed by atoms with Gasteiger partial charge in [-0.25, -0.2) is 4.79 Å². The molecule has 2 aromatic rings. The largest absolute Gasteiger partial charge is 0.465 e. The second-order valence-corrected chi connectivity index (χ2v) is 6.60. The minimum atomic E-state index is -0.872. The number of rotatable bonds is 2. The van der Waals surface area contributed by atoms with Crippen molar-refractivity contribution in [1.29, 1.82) is 0 Å². The first kappa shape index (κ1) is 16.1. The van der Waals surface area contributed by atoms with Gasteiger partial charge < -0.3 is 19.0 Å². The van der Waals surface area contributed by atoms with Crippen molar-refractivity contribution in [2.75, 3.05) is 26.2 Å². The van der Waals surface area contributed by atoms with Gasteiger partial charge in [-0.3, -0.25) is 9.69 Å². The van der Waals surface area contributed by atoms with Gasteiger partial charge in [0.2, 0.25) is 0 Å². The summed E-state index contributed by atoms with van der Waals surface area (Å²) >= 11 is 3.42. The molecule has 7 nitrogen and oxygen atoms in total. The number of carboxylic acid groups (broad SMARTS) is 1. The number of fused-ring (bicyclic) bond motifs is 1. The molecule has 3 rings (SSSR count). The number of amides is 1. The van der Waals surface area contributed by atoms with Gasteiger partial charge in [-0.15, -0.1) is 0 Å². The third-order valence-corrected chi connectivity index (χ3v) is 4.66. The topological polar surface area (TPSA) is 78.9 Å². The quantitative estimate of drug-likeness (QED) is 0.858. The van der Waals surface area contributed by atoms with E-state index >= 15 is 0 Å². The fraction of sp³-hybridized carbons (Fsp3) is 0.467. The van der Waals surface area contributed by atoms with Crippen molar-refractivity contribution in [2.45, 2.75) is 13.0 Å². The molecule has 1 saturated heterocycles. The maximum Gasteiger partial charge on any atom is 0.407 e. The molecule has 8 heteroatoms. The highest BCUT2D eigenvalue weighted by Gasteiger charge is 2.20. The van der Waals surface area contributed by atoms with Gasteiger partial charge in [0.1, 0.15) is 5.76 Å². The molecule has 1 aliphatic heterocycles. The lowest BCUT2D eigenvalue weighted by atomic mass is 10.3. The Kier molecular flexibility index (Phi) is 4.45. The highest BCUT2D eigenvalue weighted by molar-refractivity contribution is 9.10. The van der Waals surface area contributed by atoms with E-state index in [9.17, 15) is 9.59 Å². The van der Waals surface area contributed by atoms with Gasteiger partial charge in [-0.2, -0.15) is 0 Å². The van der Waals surface area contributed by atoms with Crippen molar-refractivity contribution in [3.05, 3.63) is 32.8 Å². The van der Waals surface area contributed by atoms with Crippen LogP contribution in [-0.4, -0.2) is 51.7 Å². The van der Waals surface area contributed by atoms with E-state index in [0.717, 1.165) is 17.4 Å². The van der Waals surface area contributed by atoms with E-state index < -0.39 is 6.09 Å². The van der Waals surface area contributed by atoms with Gasteiger partial charge in [0.15, 0.2) is 5.58 Å². The first-order valence-corrected chi connectivity index (χ1v) is 8.23. The zero-order valence-corrected chi connectivity index (χ0v) is 14.4. The number of pyridine rings is 1. The van der Waals surface area contributed by atoms with Crippen LogP contribution in [0.2, 0.25) is 0 Å². The number of hydrogen-bond acceptors (Lipinski definition) is 4. The van der Waals surface area contributed by atoms with Crippen molar-refractivity contribution in [2.24, 2.45) is 7.05 Å². The summed E-state index contributed by atoms with van der Waals surface area (Å²) in [4.78, 5) is 26.8. The van der Waals surface area contributed by atoms with Gasteiger partial charge in [0, 0.05) is 39.4 Å². The monoisotopic (exact) mass is 383 g/mol. The smallest absolute Gasteiger partial charge is 0.407 e. The number of hydrogen-bond donors (Lipinski definition) is 1. The fourth-order valence-electron chi connectivity index (χ4n) is 2.87. The van der Waals surface area contributed by atoms with Crippen LogP contribution >= 0.6 is 15.9 Å². The Bertz CT molecular complexity index is 798. The van der Waals surface area contributed by atoms with Gasteiger partial charge >= 0.3 is 6.09 Å². The van der Waals surface area contributed by atoms with Crippen LogP contribution in [0.5, 0.6) is 0 Å². The molecule has 124 valence electrons. The zero-order chi connectivity index (χ0) is 16.6. The summed E-state index contributed by atoms with van der Waals surface area (Å²) in [5, 5.41) is 9.62. The number of aromatic nitrogens is 1. The Morgan fingerprint density at radius 1 is 1.35 bits per heavy atom. The predicted molar refractivity (Wildman–Crippen MR) is 88.6 cm³/mol. The molecule has 23 heavy (non-hydrogen) atoms. The minimum Gasteiger partial charge on any atom is -0.465 e. The van der Waals surface area contributed by atoms with Crippen LogP contribution in [0, 0.1) is 0 Å².